The Kier molecular flexibility index (Phi) is 9.33. The second-order valence-corrected chi connectivity index (χ2v) is 11.1. The predicted molar refractivity (Wildman–Crippen MR) is 153 cm³/mol. The molecule has 2 saturated heterocycles. The molecule has 220 valence electrons. The van der Waals surface area contributed by atoms with Crippen LogP contribution in [0.4, 0.5) is 5.95 Å². The Balaban J connectivity index is 1.19. The molecule has 3 aliphatic heterocycles. The van der Waals surface area contributed by atoms with Gasteiger partial charge in [-0.1, -0.05) is 12.5 Å². The second-order valence-electron chi connectivity index (χ2n) is 11.1. The number of likely N-dealkylation sites (tertiary alicyclic amines) is 1. The number of aromatic nitrogens is 2. The van der Waals surface area contributed by atoms with Crippen LogP contribution < -0.4 is 20.3 Å². The van der Waals surface area contributed by atoms with Gasteiger partial charge in [-0.25, -0.2) is 9.97 Å². The van der Waals surface area contributed by atoms with Gasteiger partial charge < -0.3 is 29.9 Å². The lowest BCUT2D eigenvalue weighted by molar-refractivity contribution is -0.134. The van der Waals surface area contributed by atoms with Gasteiger partial charge >= 0.3 is 0 Å². The van der Waals surface area contributed by atoms with Gasteiger partial charge in [0.25, 0.3) is 11.8 Å². The van der Waals surface area contributed by atoms with Gasteiger partial charge in [-0.2, -0.15) is 0 Å². The average molecular weight is 565 g/mol. The largest absolute Gasteiger partial charge is 0.493 e. The van der Waals surface area contributed by atoms with E-state index in [1.807, 2.05) is 24.0 Å². The molecule has 3 amide bonds. The van der Waals surface area contributed by atoms with Gasteiger partial charge in [0.2, 0.25) is 11.9 Å². The van der Waals surface area contributed by atoms with Crippen LogP contribution in [0.1, 0.15) is 64.8 Å². The number of piperidine rings is 1. The molecule has 4 heterocycles. The van der Waals surface area contributed by atoms with Gasteiger partial charge in [-0.05, 0) is 56.7 Å². The molecule has 0 bridgehead atoms. The Morgan fingerprint density at radius 2 is 1.63 bits per heavy atom. The fraction of sp³-hybridized carbons (Fsp3) is 0.567. The van der Waals surface area contributed by atoms with Crippen molar-refractivity contribution in [3.05, 3.63) is 47.3 Å². The molecule has 2 fully saturated rings. The van der Waals surface area contributed by atoms with Crippen LogP contribution >= 0.6 is 0 Å². The molecule has 1 spiro atoms. The van der Waals surface area contributed by atoms with Crippen LogP contribution in [-0.4, -0.2) is 91.7 Å². The fourth-order valence-electron chi connectivity index (χ4n) is 5.74. The predicted octanol–water partition coefficient (Wildman–Crippen LogP) is 2.34. The topological polar surface area (TPSA) is 126 Å². The number of nitrogens with one attached hydrogen (secondary N) is 2. The number of rotatable bonds is 2. The van der Waals surface area contributed by atoms with Crippen LogP contribution in [0.15, 0.2) is 30.6 Å². The van der Waals surface area contributed by atoms with E-state index in [2.05, 4.69) is 20.6 Å². The van der Waals surface area contributed by atoms with Gasteiger partial charge in [-0.15, -0.1) is 0 Å². The van der Waals surface area contributed by atoms with E-state index >= 15 is 0 Å². The van der Waals surface area contributed by atoms with Crippen molar-refractivity contribution in [1.29, 1.82) is 0 Å². The number of anilines is 1. The molecule has 2 N–H and O–H groups in total. The first-order valence-electron chi connectivity index (χ1n) is 14.7. The van der Waals surface area contributed by atoms with Crippen LogP contribution in [0.2, 0.25) is 0 Å². The highest BCUT2D eigenvalue weighted by Crippen LogP contribution is 2.37. The summed E-state index contributed by atoms with van der Waals surface area (Å²) in [5.41, 5.74) is 1.46. The van der Waals surface area contributed by atoms with E-state index in [0.29, 0.717) is 94.5 Å². The van der Waals surface area contributed by atoms with Crippen molar-refractivity contribution in [1.82, 2.24) is 25.5 Å². The minimum atomic E-state index is -0.543. The summed E-state index contributed by atoms with van der Waals surface area (Å²) in [5.74, 6) is 0.958. The Morgan fingerprint density at radius 1 is 0.902 bits per heavy atom. The third-order valence-electron chi connectivity index (χ3n) is 8.28. The third-order valence-corrected chi connectivity index (χ3v) is 8.28. The minimum Gasteiger partial charge on any atom is -0.493 e. The average Bonchev–Trinajstić information content (AvgIpc) is 3.01. The van der Waals surface area contributed by atoms with Gasteiger partial charge in [0.1, 0.15) is 5.75 Å². The van der Waals surface area contributed by atoms with Crippen LogP contribution in [0.3, 0.4) is 0 Å². The first-order valence-corrected chi connectivity index (χ1v) is 14.7. The van der Waals surface area contributed by atoms with Crippen LogP contribution in [0.5, 0.6) is 5.75 Å². The standard InChI is InChI=1S/C30H40N6O5/c1-22-5-6-24-25(19-22)41-16-4-11-32-28(39)30(7-2-3-10-31-26(24)37)8-12-35(13-9-30)27(38)23-20-33-29(34-21-23)36-14-17-40-18-15-36/h5-6,19-21H,2-4,7-18H2,1H3,(H,31,37)(H,32,39). The maximum absolute atomic E-state index is 13.5. The molecule has 2 aromatic rings. The molecule has 0 unspecified atom stereocenters. The summed E-state index contributed by atoms with van der Waals surface area (Å²) in [6.45, 7) is 7.10. The number of morpholine rings is 1. The van der Waals surface area contributed by atoms with Gasteiger partial charge in [0.15, 0.2) is 0 Å². The van der Waals surface area contributed by atoms with Crippen molar-refractivity contribution in [3.8, 4) is 5.75 Å². The number of nitrogens with zero attached hydrogens (tertiary/aromatic N) is 4. The van der Waals surface area contributed by atoms with E-state index in [0.717, 1.165) is 31.5 Å². The highest BCUT2D eigenvalue weighted by molar-refractivity contribution is 5.97. The first kappa shape index (κ1) is 28.8. The van der Waals surface area contributed by atoms with Gasteiger partial charge in [0, 0.05) is 51.7 Å². The Bertz CT molecular complexity index is 1220. The summed E-state index contributed by atoms with van der Waals surface area (Å²) in [7, 11) is 0. The van der Waals surface area contributed by atoms with Crippen LogP contribution in [0.25, 0.3) is 0 Å². The van der Waals surface area contributed by atoms with E-state index in [4.69, 9.17) is 9.47 Å². The maximum Gasteiger partial charge on any atom is 0.256 e. The number of hydrogen-bond donors (Lipinski definition) is 2. The molecule has 3 aliphatic rings. The van der Waals surface area contributed by atoms with Gasteiger partial charge in [-0.3, -0.25) is 14.4 Å². The van der Waals surface area contributed by atoms with Crippen molar-refractivity contribution in [2.24, 2.45) is 5.41 Å². The molecule has 1 aromatic carbocycles. The molecule has 0 radical (unpaired) electrons. The number of carbonyl (C=O) groups is 3. The number of aryl methyl sites for hydroxylation is 1. The molecule has 0 aliphatic carbocycles. The quantitative estimate of drug-likeness (QED) is 0.570. The first-order chi connectivity index (χ1) is 19.9. The molecular weight excluding hydrogens is 524 g/mol. The van der Waals surface area contributed by atoms with Crippen molar-refractivity contribution < 1.29 is 23.9 Å². The lowest BCUT2D eigenvalue weighted by Crippen LogP contribution is -2.50. The maximum atomic E-state index is 13.5. The molecule has 11 nitrogen and oxygen atoms in total. The fourth-order valence-corrected chi connectivity index (χ4v) is 5.74. The zero-order valence-corrected chi connectivity index (χ0v) is 23.8. The Labute approximate surface area is 241 Å². The number of hydrogen-bond acceptors (Lipinski definition) is 8. The van der Waals surface area contributed by atoms with E-state index in [9.17, 15) is 14.4 Å². The molecular formula is C30H40N6O5. The monoisotopic (exact) mass is 564 g/mol. The highest BCUT2D eigenvalue weighted by atomic mass is 16.5. The van der Waals surface area contributed by atoms with Crippen molar-refractivity contribution in [2.75, 3.05) is 64.0 Å². The zero-order valence-electron chi connectivity index (χ0n) is 23.8. The number of fused-ring (bicyclic) bond motifs is 1. The summed E-state index contributed by atoms with van der Waals surface area (Å²) >= 11 is 0. The summed E-state index contributed by atoms with van der Waals surface area (Å²) in [6.07, 6.45) is 7.26. The normalized spacial score (nSPS) is 20.6. The smallest absolute Gasteiger partial charge is 0.256 e. The lowest BCUT2D eigenvalue weighted by Gasteiger charge is -2.41. The zero-order chi connectivity index (χ0) is 28.7. The molecule has 11 heteroatoms. The molecule has 41 heavy (non-hydrogen) atoms. The molecule has 5 rings (SSSR count). The minimum absolute atomic E-state index is 0.0398. The van der Waals surface area contributed by atoms with E-state index < -0.39 is 5.41 Å². The SMILES string of the molecule is Cc1ccc2c(c1)OCCCNC(=O)C1(CCCCNC2=O)CCN(C(=O)c2cnc(N3CCOCC3)nc2)CC1. The summed E-state index contributed by atoms with van der Waals surface area (Å²) < 4.78 is 11.3. The van der Waals surface area contributed by atoms with Gasteiger partial charge in [0.05, 0.1) is 36.4 Å². The van der Waals surface area contributed by atoms with Crippen LogP contribution in [-0.2, 0) is 9.53 Å². The molecule has 1 aromatic heterocycles. The third kappa shape index (κ3) is 6.95. The van der Waals surface area contributed by atoms with E-state index in [1.54, 1.807) is 23.4 Å². The van der Waals surface area contributed by atoms with E-state index in [-0.39, 0.29) is 17.7 Å². The molecule has 0 saturated carbocycles. The van der Waals surface area contributed by atoms with Crippen molar-refractivity contribution in [3.63, 3.8) is 0 Å². The number of carbonyl (C=O) groups excluding carboxylic acids is 3. The van der Waals surface area contributed by atoms with Crippen LogP contribution in [0, 0.1) is 12.3 Å². The Hall–Kier alpha value is -3.73. The number of benzene rings is 1. The van der Waals surface area contributed by atoms with Crippen molar-refractivity contribution >= 4 is 23.7 Å². The summed E-state index contributed by atoms with van der Waals surface area (Å²) in [5, 5.41) is 6.13. The summed E-state index contributed by atoms with van der Waals surface area (Å²) in [6, 6.07) is 5.58. The van der Waals surface area contributed by atoms with Crippen molar-refractivity contribution in [2.45, 2.75) is 45.4 Å². The lowest BCUT2D eigenvalue weighted by atomic mass is 9.73. The number of ether oxygens (including phenoxy) is 2. The highest BCUT2D eigenvalue weighted by Gasteiger charge is 2.41. The Morgan fingerprint density at radius 3 is 2.39 bits per heavy atom. The molecule has 0 atom stereocenters. The summed E-state index contributed by atoms with van der Waals surface area (Å²) in [4.78, 5) is 52.3. The second kappa shape index (κ2) is 13.3. The van der Waals surface area contributed by atoms with E-state index in [1.165, 1.54) is 0 Å². The number of amides is 3.